The molecule has 0 spiro atoms. The molecule has 0 bridgehead atoms. The third-order valence-electron chi connectivity index (χ3n) is 4.98. The van der Waals surface area contributed by atoms with E-state index in [0.29, 0.717) is 18.8 Å². The molecule has 10 heteroatoms. The lowest BCUT2D eigenvalue weighted by atomic mass is 10.1. The molecule has 0 aromatic heterocycles. The number of hydrogen-bond donors (Lipinski definition) is 1. The smallest absolute Gasteiger partial charge is 0.325 e. The molecule has 9 nitrogen and oxygen atoms in total. The minimum absolute atomic E-state index is 0.0286. The summed E-state index contributed by atoms with van der Waals surface area (Å²) < 4.78 is 31.1. The first kappa shape index (κ1) is 20.3. The highest BCUT2D eigenvalue weighted by atomic mass is 32.2. The Morgan fingerprint density at radius 1 is 1.18 bits per heavy atom. The molecule has 2 aliphatic heterocycles. The number of ether oxygens (including phenoxy) is 1. The highest BCUT2D eigenvalue weighted by molar-refractivity contribution is 7.89. The van der Waals surface area contributed by atoms with E-state index in [4.69, 9.17) is 0 Å². The first-order chi connectivity index (χ1) is 13.3. The van der Waals surface area contributed by atoms with Gasteiger partial charge in [0.05, 0.1) is 17.9 Å². The molecule has 2 amide bonds. The van der Waals surface area contributed by atoms with Crippen LogP contribution in [0.25, 0.3) is 0 Å². The third kappa shape index (κ3) is 4.17. The summed E-state index contributed by atoms with van der Waals surface area (Å²) in [7, 11) is -2.29. The van der Waals surface area contributed by atoms with Crippen LogP contribution in [0.3, 0.4) is 0 Å². The van der Waals surface area contributed by atoms with Crippen molar-refractivity contribution >= 4 is 33.5 Å². The zero-order valence-electron chi connectivity index (χ0n) is 15.6. The molecule has 2 heterocycles. The molecule has 0 aliphatic carbocycles. The zero-order chi connectivity index (χ0) is 20.3. The Bertz CT molecular complexity index is 862. The van der Waals surface area contributed by atoms with Crippen molar-refractivity contribution in [2.24, 2.45) is 5.92 Å². The van der Waals surface area contributed by atoms with Gasteiger partial charge in [-0.05, 0) is 37.1 Å². The van der Waals surface area contributed by atoms with Crippen LogP contribution in [0, 0.1) is 5.92 Å². The standard InChI is InChI=1S/C18H23N3O6S/c1-27-17(23)11-19-18(24)13-10-16(22)21(12-13)14-4-6-15(7-5-14)28(25,26)20-8-2-3-9-20/h4-7,13H,2-3,8-12H2,1H3,(H,19,24). The summed E-state index contributed by atoms with van der Waals surface area (Å²) >= 11 is 0. The molecular weight excluding hydrogens is 386 g/mol. The Morgan fingerprint density at radius 2 is 1.82 bits per heavy atom. The number of nitrogens with zero attached hydrogens (tertiary/aromatic N) is 2. The first-order valence-electron chi connectivity index (χ1n) is 9.08. The van der Waals surface area contributed by atoms with E-state index in [9.17, 15) is 22.8 Å². The quantitative estimate of drug-likeness (QED) is 0.668. The summed E-state index contributed by atoms with van der Waals surface area (Å²) in [5.41, 5.74) is 0.536. The monoisotopic (exact) mass is 409 g/mol. The maximum Gasteiger partial charge on any atom is 0.325 e. The number of esters is 1. The summed E-state index contributed by atoms with van der Waals surface area (Å²) in [6.07, 6.45) is 1.75. The van der Waals surface area contributed by atoms with E-state index in [1.807, 2.05) is 0 Å². The molecule has 28 heavy (non-hydrogen) atoms. The van der Waals surface area contributed by atoms with E-state index >= 15 is 0 Å². The van der Waals surface area contributed by atoms with Gasteiger partial charge in [0.2, 0.25) is 21.8 Å². The number of benzene rings is 1. The molecule has 1 unspecified atom stereocenters. The summed E-state index contributed by atoms with van der Waals surface area (Å²) in [5.74, 6) is -1.77. The highest BCUT2D eigenvalue weighted by Crippen LogP contribution is 2.28. The molecule has 2 fully saturated rings. The van der Waals surface area contributed by atoms with Gasteiger partial charge in [-0.2, -0.15) is 4.31 Å². The van der Waals surface area contributed by atoms with Crippen LogP contribution < -0.4 is 10.2 Å². The molecule has 1 aromatic carbocycles. The Balaban J connectivity index is 1.66. The molecule has 152 valence electrons. The molecular formula is C18H23N3O6S. The number of carbonyl (C=O) groups excluding carboxylic acids is 3. The van der Waals surface area contributed by atoms with Gasteiger partial charge in [0.15, 0.2) is 0 Å². The van der Waals surface area contributed by atoms with E-state index < -0.39 is 27.8 Å². The van der Waals surface area contributed by atoms with Crippen molar-refractivity contribution in [2.75, 3.05) is 38.2 Å². The fourth-order valence-corrected chi connectivity index (χ4v) is 4.90. The van der Waals surface area contributed by atoms with Crippen molar-refractivity contribution in [2.45, 2.75) is 24.2 Å². The van der Waals surface area contributed by atoms with Crippen molar-refractivity contribution in [1.29, 1.82) is 0 Å². The largest absolute Gasteiger partial charge is 0.468 e. The summed E-state index contributed by atoms with van der Waals surface area (Å²) in [6, 6.07) is 6.13. The lowest BCUT2D eigenvalue weighted by Crippen LogP contribution is -2.36. The second-order valence-electron chi connectivity index (χ2n) is 6.80. The van der Waals surface area contributed by atoms with Crippen LogP contribution in [0.1, 0.15) is 19.3 Å². The van der Waals surface area contributed by atoms with Crippen molar-refractivity contribution in [3.8, 4) is 0 Å². The van der Waals surface area contributed by atoms with Crippen LogP contribution in [0.15, 0.2) is 29.2 Å². The summed E-state index contributed by atoms with van der Waals surface area (Å²) in [5, 5.41) is 2.45. The van der Waals surface area contributed by atoms with Crippen LogP contribution >= 0.6 is 0 Å². The SMILES string of the molecule is COC(=O)CNC(=O)C1CC(=O)N(c2ccc(S(=O)(=O)N3CCCC3)cc2)C1. The molecule has 0 radical (unpaired) electrons. The summed E-state index contributed by atoms with van der Waals surface area (Å²) in [6.45, 7) is 0.973. The van der Waals surface area contributed by atoms with Crippen molar-refractivity contribution < 1.29 is 27.5 Å². The number of anilines is 1. The van der Waals surface area contributed by atoms with Crippen LogP contribution in [0.2, 0.25) is 0 Å². The van der Waals surface area contributed by atoms with Crippen molar-refractivity contribution in [1.82, 2.24) is 9.62 Å². The second-order valence-corrected chi connectivity index (χ2v) is 8.74. The number of hydrogen-bond acceptors (Lipinski definition) is 6. The molecule has 0 saturated carbocycles. The molecule has 2 aliphatic rings. The maximum atomic E-state index is 12.6. The van der Waals surface area contributed by atoms with Gasteiger partial charge >= 0.3 is 5.97 Å². The van der Waals surface area contributed by atoms with Crippen molar-refractivity contribution in [3.05, 3.63) is 24.3 Å². The predicted octanol–water partition coefficient (Wildman–Crippen LogP) is 0.113. The third-order valence-corrected chi connectivity index (χ3v) is 6.89. The van der Waals surface area contributed by atoms with Crippen LogP contribution in [-0.4, -0.2) is 63.8 Å². The number of rotatable bonds is 6. The first-order valence-corrected chi connectivity index (χ1v) is 10.5. The molecule has 3 rings (SSSR count). The van der Waals surface area contributed by atoms with E-state index in [-0.39, 0.29) is 30.3 Å². The Labute approximate surface area is 163 Å². The Morgan fingerprint density at radius 3 is 2.43 bits per heavy atom. The number of carbonyl (C=O) groups is 3. The normalized spacial score (nSPS) is 20.4. The minimum Gasteiger partial charge on any atom is -0.468 e. The zero-order valence-corrected chi connectivity index (χ0v) is 16.4. The van der Waals surface area contributed by atoms with Gasteiger partial charge < -0.3 is 15.0 Å². The maximum absolute atomic E-state index is 12.6. The topological polar surface area (TPSA) is 113 Å². The highest BCUT2D eigenvalue weighted by Gasteiger charge is 2.35. The van der Waals surface area contributed by atoms with E-state index in [2.05, 4.69) is 10.1 Å². The van der Waals surface area contributed by atoms with Gasteiger partial charge in [-0.1, -0.05) is 0 Å². The van der Waals surface area contributed by atoms with E-state index in [1.54, 1.807) is 12.1 Å². The molecule has 1 atom stereocenters. The molecule has 1 aromatic rings. The number of amides is 2. The van der Waals surface area contributed by atoms with Crippen molar-refractivity contribution in [3.63, 3.8) is 0 Å². The van der Waals surface area contributed by atoms with Gasteiger partial charge in [0.25, 0.3) is 0 Å². The van der Waals surface area contributed by atoms with Crippen LogP contribution in [0.4, 0.5) is 5.69 Å². The Kier molecular flexibility index (Phi) is 5.99. The summed E-state index contributed by atoms with van der Waals surface area (Å²) in [4.78, 5) is 37.2. The van der Waals surface area contributed by atoms with Gasteiger partial charge in [0.1, 0.15) is 6.54 Å². The number of sulfonamides is 1. The average molecular weight is 409 g/mol. The number of methoxy groups -OCH3 is 1. The predicted molar refractivity (Wildman–Crippen MR) is 99.9 cm³/mol. The van der Waals surface area contributed by atoms with Gasteiger partial charge in [-0.25, -0.2) is 8.42 Å². The van der Waals surface area contributed by atoms with E-state index in [0.717, 1.165) is 12.8 Å². The fraction of sp³-hybridized carbons (Fsp3) is 0.500. The van der Waals surface area contributed by atoms with Gasteiger partial charge in [0, 0.05) is 31.7 Å². The van der Waals surface area contributed by atoms with Crippen LogP contribution in [-0.2, 0) is 29.1 Å². The molecule has 2 saturated heterocycles. The lowest BCUT2D eigenvalue weighted by Gasteiger charge is -2.19. The molecule has 1 N–H and O–H groups in total. The Hall–Kier alpha value is -2.46. The average Bonchev–Trinajstić information content (AvgIpc) is 3.36. The van der Waals surface area contributed by atoms with Gasteiger partial charge in [-0.15, -0.1) is 0 Å². The van der Waals surface area contributed by atoms with Crippen LogP contribution in [0.5, 0.6) is 0 Å². The van der Waals surface area contributed by atoms with E-state index in [1.165, 1.54) is 28.4 Å². The van der Waals surface area contributed by atoms with Gasteiger partial charge in [-0.3, -0.25) is 14.4 Å². The number of nitrogens with one attached hydrogen (secondary N) is 1. The minimum atomic E-state index is -3.51. The lowest BCUT2D eigenvalue weighted by molar-refractivity contribution is -0.141. The fourth-order valence-electron chi connectivity index (χ4n) is 3.38. The second kappa shape index (κ2) is 8.27.